The first kappa shape index (κ1) is 19.8. The van der Waals surface area contributed by atoms with Crippen molar-refractivity contribution >= 4 is 11.0 Å². The largest absolute Gasteiger partial charge is 0.489 e. The van der Waals surface area contributed by atoms with Crippen LogP contribution in [0, 0.1) is 0 Å². The van der Waals surface area contributed by atoms with Gasteiger partial charge >= 0.3 is 11.8 Å². The van der Waals surface area contributed by atoms with E-state index in [4.69, 9.17) is 9.15 Å². The average Bonchev–Trinajstić information content (AvgIpc) is 2.52. The fraction of sp³-hybridized carbons (Fsp3) is 0.350. The third-order valence-corrected chi connectivity index (χ3v) is 3.79. The highest BCUT2D eigenvalue weighted by Gasteiger charge is 2.33. The summed E-state index contributed by atoms with van der Waals surface area (Å²) in [5.74, 6) is 0.341. The predicted molar refractivity (Wildman–Crippen MR) is 95.4 cm³/mol. The van der Waals surface area contributed by atoms with Crippen LogP contribution in [0.5, 0.6) is 5.75 Å². The van der Waals surface area contributed by atoms with Gasteiger partial charge in [0.1, 0.15) is 17.9 Å². The molecule has 2 aromatic rings. The van der Waals surface area contributed by atoms with Crippen LogP contribution >= 0.6 is 0 Å². The topological polar surface area (TPSA) is 39.4 Å². The molecule has 2 rings (SSSR count). The molecule has 1 heterocycles. The minimum Gasteiger partial charge on any atom is -0.489 e. The Hall–Kier alpha value is -2.50. The standard InChI is InChI=1S/C20H21F3O3/c1-13(2)5-4-6-14(3)9-10-25-15-7-8-16-17(20(21,22)23)12-19(24)26-18(16)11-15/h5,7-9,11-12H,4,6,10H2,1-3H3/b14-9+. The fourth-order valence-electron chi connectivity index (χ4n) is 2.44. The molecule has 0 aliphatic carbocycles. The number of hydrogen-bond acceptors (Lipinski definition) is 3. The van der Waals surface area contributed by atoms with Crippen molar-refractivity contribution in [3.05, 3.63) is 63.5 Å². The number of alkyl halides is 3. The Morgan fingerprint density at radius 2 is 1.88 bits per heavy atom. The van der Waals surface area contributed by atoms with Crippen LogP contribution in [0.1, 0.15) is 39.2 Å². The summed E-state index contributed by atoms with van der Waals surface area (Å²) < 4.78 is 49.5. The number of benzene rings is 1. The van der Waals surface area contributed by atoms with Crippen molar-refractivity contribution in [1.29, 1.82) is 0 Å². The summed E-state index contributed by atoms with van der Waals surface area (Å²) in [4.78, 5) is 11.4. The molecule has 0 saturated carbocycles. The van der Waals surface area contributed by atoms with E-state index in [0.29, 0.717) is 11.8 Å². The van der Waals surface area contributed by atoms with Gasteiger partial charge in [-0.25, -0.2) is 4.79 Å². The highest BCUT2D eigenvalue weighted by atomic mass is 19.4. The lowest BCUT2D eigenvalue weighted by molar-refractivity contribution is -0.136. The van der Waals surface area contributed by atoms with E-state index in [2.05, 4.69) is 6.08 Å². The number of rotatable bonds is 6. The monoisotopic (exact) mass is 366 g/mol. The van der Waals surface area contributed by atoms with Crippen LogP contribution in [0.25, 0.3) is 11.0 Å². The smallest absolute Gasteiger partial charge is 0.417 e. The van der Waals surface area contributed by atoms with E-state index in [1.165, 1.54) is 23.8 Å². The van der Waals surface area contributed by atoms with Gasteiger partial charge in [-0.15, -0.1) is 0 Å². The Labute approximate surface area is 149 Å². The van der Waals surface area contributed by atoms with E-state index < -0.39 is 17.4 Å². The van der Waals surface area contributed by atoms with E-state index in [1.807, 2.05) is 26.8 Å². The van der Waals surface area contributed by atoms with E-state index in [-0.39, 0.29) is 17.6 Å². The van der Waals surface area contributed by atoms with Gasteiger partial charge in [0, 0.05) is 17.5 Å². The molecule has 0 aliphatic rings. The maximum Gasteiger partial charge on any atom is 0.417 e. The number of hydrogen-bond donors (Lipinski definition) is 0. The summed E-state index contributed by atoms with van der Waals surface area (Å²) >= 11 is 0. The Morgan fingerprint density at radius 3 is 2.54 bits per heavy atom. The van der Waals surface area contributed by atoms with Crippen LogP contribution in [-0.4, -0.2) is 6.61 Å². The van der Waals surface area contributed by atoms with Gasteiger partial charge in [0.15, 0.2) is 0 Å². The molecule has 1 aromatic carbocycles. The molecule has 0 fully saturated rings. The zero-order valence-electron chi connectivity index (χ0n) is 14.9. The van der Waals surface area contributed by atoms with Gasteiger partial charge in [-0.05, 0) is 51.8 Å². The molecule has 26 heavy (non-hydrogen) atoms. The molecule has 0 atom stereocenters. The molecule has 0 saturated heterocycles. The number of allylic oxidation sites excluding steroid dienone is 3. The van der Waals surface area contributed by atoms with Gasteiger partial charge in [0.25, 0.3) is 0 Å². The first-order valence-corrected chi connectivity index (χ1v) is 8.23. The van der Waals surface area contributed by atoms with Crippen LogP contribution in [0.3, 0.4) is 0 Å². The second-order valence-corrected chi connectivity index (χ2v) is 6.32. The average molecular weight is 366 g/mol. The van der Waals surface area contributed by atoms with Gasteiger partial charge < -0.3 is 9.15 Å². The Balaban J connectivity index is 2.12. The van der Waals surface area contributed by atoms with Gasteiger partial charge in [0.2, 0.25) is 0 Å². The molecule has 0 amide bonds. The van der Waals surface area contributed by atoms with E-state index in [9.17, 15) is 18.0 Å². The third-order valence-electron chi connectivity index (χ3n) is 3.79. The summed E-state index contributed by atoms with van der Waals surface area (Å²) in [6, 6.07) is 4.45. The summed E-state index contributed by atoms with van der Waals surface area (Å²) in [6.07, 6.45) is 1.32. The summed E-state index contributed by atoms with van der Waals surface area (Å²) in [5.41, 5.74) is 0.230. The van der Waals surface area contributed by atoms with Gasteiger partial charge in [-0.2, -0.15) is 13.2 Å². The summed E-state index contributed by atoms with van der Waals surface area (Å²) in [7, 11) is 0. The molecule has 0 spiro atoms. The molecule has 0 bridgehead atoms. The highest BCUT2D eigenvalue weighted by molar-refractivity contribution is 5.82. The zero-order valence-corrected chi connectivity index (χ0v) is 14.9. The van der Waals surface area contributed by atoms with Crippen molar-refractivity contribution in [3.8, 4) is 5.75 Å². The third kappa shape index (κ3) is 5.51. The van der Waals surface area contributed by atoms with Crippen molar-refractivity contribution in [2.45, 2.75) is 39.8 Å². The Bertz CT molecular complexity index is 885. The van der Waals surface area contributed by atoms with Crippen LogP contribution in [0.15, 0.2) is 56.8 Å². The Kier molecular flexibility index (Phi) is 6.29. The van der Waals surface area contributed by atoms with Crippen LogP contribution in [0.2, 0.25) is 0 Å². The van der Waals surface area contributed by atoms with Crippen molar-refractivity contribution in [3.63, 3.8) is 0 Å². The fourth-order valence-corrected chi connectivity index (χ4v) is 2.44. The predicted octanol–water partition coefficient (Wildman–Crippen LogP) is 5.88. The second kappa shape index (κ2) is 8.25. The van der Waals surface area contributed by atoms with E-state index in [0.717, 1.165) is 18.4 Å². The van der Waals surface area contributed by atoms with E-state index in [1.54, 1.807) is 0 Å². The maximum atomic E-state index is 13.0. The second-order valence-electron chi connectivity index (χ2n) is 6.32. The maximum absolute atomic E-state index is 13.0. The molecule has 140 valence electrons. The molecule has 6 heteroatoms. The van der Waals surface area contributed by atoms with Crippen molar-refractivity contribution in [2.24, 2.45) is 0 Å². The molecule has 0 aliphatic heterocycles. The first-order chi connectivity index (χ1) is 12.2. The van der Waals surface area contributed by atoms with Gasteiger partial charge in [-0.3, -0.25) is 0 Å². The Morgan fingerprint density at radius 1 is 1.15 bits per heavy atom. The lowest BCUT2D eigenvalue weighted by Crippen LogP contribution is -2.11. The van der Waals surface area contributed by atoms with Crippen LogP contribution in [0.4, 0.5) is 13.2 Å². The minimum atomic E-state index is -4.62. The molecular formula is C20H21F3O3. The molecule has 0 unspecified atom stereocenters. The van der Waals surface area contributed by atoms with Crippen molar-refractivity contribution in [2.75, 3.05) is 6.61 Å². The van der Waals surface area contributed by atoms with Crippen molar-refractivity contribution in [1.82, 2.24) is 0 Å². The van der Waals surface area contributed by atoms with Crippen LogP contribution < -0.4 is 10.4 Å². The van der Waals surface area contributed by atoms with Gasteiger partial charge in [0.05, 0.1) is 5.56 Å². The molecule has 1 aromatic heterocycles. The number of fused-ring (bicyclic) bond motifs is 1. The molecule has 3 nitrogen and oxygen atoms in total. The number of ether oxygens (including phenoxy) is 1. The minimum absolute atomic E-state index is 0.147. The SMILES string of the molecule is CC(C)=CCC/C(C)=C/COc1ccc2c(C(F)(F)F)cc(=O)oc2c1. The first-order valence-electron chi connectivity index (χ1n) is 8.23. The molecule has 0 N–H and O–H groups in total. The highest BCUT2D eigenvalue weighted by Crippen LogP contribution is 2.34. The summed E-state index contributed by atoms with van der Waals surface area (Å²) in [5, 5.41) is -0.169. The normalized spacial score (nSPS) is 12.3. The van der Waals surface area contributed by atoms with Gasteiger partial charge in [-0.1, -0.05) is 17.2 Å². The zero-order chi connectivity index (χ0) is 19.3. The lowest BCUT2D eigenvalue weighted by Gasteiger charge is -2.10. The molecular weight excluding hydrogens is 345 g/mol. The summed E-state index contributed by atoms with van der Waals surface area (Å²) in [6.45, 7) is 6.38. The number of halogens is 3. The quantitative estimate of drug-likeness (QED) is 0.473. The van der Waals surface area contributed by atoms with Crippen molar-refractivity contribution < 1.29 is 22.3 Å². The van der Waals surface area contributed by atoms with E-state index >= 15 is 0 Å². The van der Waals surface area contributed by atoms with Crippen LogP contribution in [-0.2, 0) is 6.18 Å². The molecule has 0 radical (unpaired) electrons. The lowest BCUT2D eigenvalue weighted by atomic mass is 10.1.